The van der Waals surface area contributed by atoms with Crippen molar-refractivity contribution in [1.29, 1.82) is 0 Å². The van der Waals surface area contributed by atoms with E-state index in [1.165, 1.54) is 0 Å². The molecule has 3 heteroatoms. The van der Waals surface area contributed by atoms with E-state index in [1.54, 1.807) is 0 Å². The van der Waals surface area contributed by atoms with Crippen LogP contribution in [0.3, 0.4) is 0 Å². The maximum absolute atomic E-state index is 9.98. The Labute approximate surface area is 82.1 Å². The van der Waals surface area contributed by atoms with Crippen LogP contribution in [-0.4, -0.2) is 18.3 Å². The van der Waals surface area contributed by atoms with Crippen LogP contribution >= 0.6 is 11.6 Å². The van der Waals surface area contributed by atoms with Crippen molar-refractivity contribution < 1.29 is 9.84 Å². The number of benzene rings is 1. The van der Waals surface area contributed by atoms with Crippen molar-refractivity contribution in [2.24, 2.45) is 0 Å². The van der Waals surface area contributed by atoms with Crippen LogP contribution in [0.4, 0.5) is 0 Å². The van der Waals surface area contributed by atoms with Crippen molar-refractivity contribution in [1.82, 2.24) is 0 Å². The largest absolute Gasteiger partial charge is 0.380 e. The molecule has 1 aliphatic heterocycles. The lowest BCUT2D eigenvalue weighted by Gasteiger charge is -2.37. The van der Waals surface area contributed by atoms with Crippen LogP contribution in [0.5, 0.6) is 0 Å². The third-order valence-corrected chi connectivity index (χ3v) is 2.63. The topological polar surface area (TPSA) is 29.5 Å². The van der Waals surface area contributed by atoms with Crippen LogP contribution in [0, 0.1) is 6.92 Å². The molecule has 0 aromatic heterocycles. The fourth-order valence-electron chi connectivity index (χ4n) is 1.45. The van der Waals surface area contributed by atoms with Crippen LogP contribution in [-0.2, 0) is 10.3 Å². The zero-order chi connectivity index (χ0) is 9.47. The fraction of sp³-hybridized carbons (Fsp3) is 0.400. The number of ether oxygens (including phenoxy) is 1. The molecule has 1 aromatic rings. The van der Waals surface area contributed by atoms with Crippen molar-refractivity contribution >= 4 is 11.6 Å². The third-order valence-electron chi connectivity index (χ3n) is 2.30. The number of rotatable bonds is 1. The van der Waals surface area contributed by atoms with Crippen molar-refractivity contribution in [3.8, 4) is 0 Å². The fourth-order valence-corrected chi connectivity index (χ4v) is 1.74. The molecular weight excluding hydrogens is 188 g/mol. The molecule has 70 valence electrons. The summed E-state index contributed by atoms with van der Waals surface area (Å²) in [6, 6.07) is 5.64. The molecule has 2 nitrogen and oxygen atoms in total. The molecular formula is C10H11ClO2. The first-order chi connectivity index (χ1) is 6.12. The number of aliphatic hydroxyl groups is 1. The summed E-state index contributed by atoms with van der Waals surface area (Å²) in [4.78, 5) is 0. The first-order valence-corrected chi connectivity index (χ1v) is 4.56. The molecule has 1 aliphatic rings. The smallest absolute Gasteiger partial charge is 0.137 e. The Morgan fingerprint density at radius 3 is 2.69 bits per heavy atom. The molecule has 1 N–H and O–H groups in total. The standard InChI is InChI=1S/C10H11ClO2/c1-7-2-3-9(11)8(4-7)10(12)5-13-6-10/h2-4,12H,5-6H2,1H3. The molecule has 13 heavy (non-hydrogen) atoms. The van der Waals surface area contributed by atoms with Gasteiger partial charge >= 0.3 is 0 Å². The van der Waals surface area contributed by atoms with E-state index in [4.69, 9.17) is 16.3 Å². The molecule has 0 radical (unpaired) electrons. The first-order valence-electron chi connectivity index (χ1n) is 4.19. The van der Waals surface area contributed by atoms with E-state index < -0.39 is 5.60 Å². The van der Waals surface area contributed by atoms with Gasteiger partial charge in [0, 0.05) is 10.6 Å². The summed E-state index contributed by atoms with van der Waals surface area (Å²) in [6.07, 6.45) is 0. The summed E-state index contributed by atoms with van der Waals surface area (Å²) < 4.78 is 4.98. The number of halogens is 1. The Kier molecular flexibility index (Phi) is 2.06. The second-order valence-electron chi connectivity index (χ2n) is 3.51. The highest BCUT2D eigenvalue weighted by molar-refractivity contribution is 6.31. The zero-order valence-corrected chi connectivity index (χ0v) is 8.14. The number of hydrogen-bond acceptors (Lipinski definition) is 2. The van der Waals surface area contributed by atoms with E-state index in [2.05, 4.69) is 0 Å². The van der Waals surface area contributed by atoms with Gasteiger partial charge in [-0.05, 0) is 13.0 Å². The molecule has 2 rings (SSSR count). The van der Waals surface area contributed by atoms with Crippen LogP contribution in [0.2, 0.25) is 5.02 Å². The summed E-state index contributed by atoms with van der Waals surface area (Å²) in [7, 11) is 0. The minimum absolute atomic E-state index is 0.343. The minimum Gasteiger partial charge on any atom is -0.380 e. The second kappa shape index (κ2) is 2.98. The molecule has 0 atom stereocenters. The van der Waals surface area contributed by atoms with Gasteiger partial charge in [-0.1, -0.05) is 29.3 Å². The lowest BCUT2D eigenvalue weighted by atomic mass is 9.91. The predicted octanol–water partition coefficient (Wildman–Crippen LogP) is 1.87. The monoisotopic (exact) mass is 198 g/mol. The summed E-state index contributed by atoms with van der Waals surface area (Å²) in [5, 5.41) is 10.6. The highest BCUT2D eigenvalue weighted by atomic mass is 35.5. The van der Waals surface area contributed by atoms with Gasteiger partial charge in [0.05, 0.1) is 13.2 Å². The van der Waals surface area contributed by atoms with Crippen LogP contribution in [0.1, 0.15) is 11.1 Å². The number of hydrogen-bond donors (Lipinski definition) is 1. The molecule has 1 fully saturated rings. The molecule has 0 spiro atoms. The van der Waals surface area contributed by atoms with E-state index in [0.717, 1.165) is 11.1 Å². The van der Waals surface area contributed by atoms with E-state index in [-0.39, 0.29) is 0 Å². The van der Waals surface area contributed by atoms with Gasteiger partial charge in [-0.25, -0.2) is 0 Å². The summed E-state index contributed by atoms with van der Waals surface area (Å²) in [5.74, 6) is 0. The molecule has 0 saturated carbocycles. The predicted molar refractivity (Wildman–Crippen MR) is 50.9 cm³/mol. The normalized spacial score (nSPS) is 19.6. The van der Waals surface area contributed by atoms with Crippen molar-refractivity contribution in [2.45, 2.75) is 12.5 Å². The molecule has 0 amide bonds. The molecule has 1 heterocycles. The molecule has 1 saturated heterocycles. The maximum Gasteiger partial charge on any atom is 0.137 e. The zero-order valence-electron chi connectivity index (χ0n) is 7.38. The van der Waals surface area contributed by atoms with E-state index in [9.17, 15) is 5.11 Å². The van der Waals surface area contributed by atoms with Crippen LogP contribution in [0.25, 0.3) is 0 Å². The Balaban J connectivity index is 2.43. The van der Waals surface area contributed by atoms with E-state index >= 15 is 0 Å². The maximum atomic E-state index is 9.98. The van der Waals surface area contributed by atoms with Gasteiger partial charge in [0.1, 0.15) is 5.60 Å². The molecule has 0 aliphatic carbocycles. The van der Waals surface area contributed by atoms with E-state index in [1.807, 2.05) is 25.1 Å². The van der Waals surface area contributed by atoms with Gasteiger partial charge in [0.15, 0.2) is 0 Å². The highest BCUT2D eigenvalue weighted by Crippen LogP contribution is 2.34. The third kappa shape index (κ3) is 1.46. The van der Waals surface area contributed by atoms with Gasteiger partial charge in [-0.2, -0.15) is 0 Å². The Hall–Kier alpha value is -0.570. The van der Waals surface area contributed by atoms with Crippen molar-refractivity contribution in [2.75, 3.05) is 13.2 Å². The second-order valence-corrected chi connectivity index (χ2v) is 3.91. The van der Waals surface area contributed by atoms with Crippen molar-refractivity contribution in [3.05, 3.63) is 34.3 Å². The lowest BCUT2D eigenvalue weighted by molar-refractivity contribution is -0.184. The summed E-state index contributed by atoms with van der Waals surface area (Å²) >= 11 is 5.98. The Morgan fingerprint density at radius 2 is 2.15 bits per heavy atom. The molecule has 0 bridgehead atoms. The van der Waals surface area contributed by atoms with Gasteiger partial charge in [-0.15, -0.1) is 0 Å². The van der Waals surface area contributed by atoms with Gasteiger partial charge in [-0.3, -0.25) is 0 Å². The van der Waals surface area contributed by atoms with E-state index in [0.29, 0.717) is 18.2 Å². The Morgan fingerprint density at radius 1 is 1.46 bits per heavy atom. The van der Waals surface area contributed by atoms with Gasteiger partial charge in [0.25, 0.3) is 0 Å². The van der Waals surface area contributed by atoms with Gasteiger partial charge < -0.3 is 9.84 Å². The summed E-state index contributed by atoms with van der Waals surface area (Å²) in [6.45, 7) is 2.66. The summed E-state index contributed by atoms with van der Waals surface area (Å²) in [5.41, 5.74) is 1.02. The molecule has 1 aromatic carbocycles. The lowest BCUT2D eigenvalue weighted by Crippen LogP contribution is -2.46. The quantitative estimate of drug-likeness (QED) is 0.747. The SMILES string of the molecule is Cc1ccc(Cl)c(C2(O)COC2)c1. The van der Waals surface area contributed by atoms with Crippen molar-refractivity contribution in [3.63, 3.8) is 0 Å². The average Bonchev–Trinajstić information content (AvgIpc) is 2.05. The van der Waals surface area contributed by atoms with Crippen LogP contribution < -0.4 is 0 Å². The number of aryl methyl sites for hydroxylation is 1. The van der Waals surface area contributed by atoms with Gasteiger partial charge in [0.2, 0.25) is 0 Å². The first kappa shape index (κ1) is 9.00. The van der Waals surface area contributed by atoms with Crippen LogP contribution in [0.15, 0.2) is 18.2 Å². The minimum atomic E-state index is -0.858. The molecule has 0 unspecified atom stereocenters. The Bertz CT molecular complexity index is 332. The highest BCUT2D eigenvalue weighted by Gasteiger charge is 2.39. The average molecular weight is 199 g/mol.